The number of amides is 1. The molecular weight excluding hydrogens is 751 g/mol. The normalized spacial score (nSPS) is 21.9. The second-order valence-electron chi connectivity index (χ2n) is 17.2. The van der Waals surface area contributed by atoms with Crippen LogP contribution in [0.5, 0.6) is 0 Å². The van der Waals surface area contributed by atoms with Crippen molar-refractivity contribution in [1.29, 1.82) is 0 Å². The van der Waals surface area contributed by atoms with Crippen LogP contribution in [0, 0.1) is 0 Å². The minimum absolute atomic E-state index is 0.256. The van der Waals surface area contributed by atoms with Crippen molar-refractivity contribution in [3.8, 4) is 0 Å². The van der Waals surface area contributed by atoms with Gasteiger partial charge in [0, 0.05) is 0 Å². The van der Waals surface area contributed by atoms with Crippen molar-refractivity contribution in [2.75, 3.05) is 13.2 Å². The van der Waals surface area contributed by atoms with Gasteiger partial charge in [-0.05, 0) is 44.9 Å². The fourth-order valence-corrected chi connectivity index (χ4v) is 7.71. The Hall–Kier alpha value is -1.41. The van der Waals surface area contributed by atoms with Gasteiger partial charge in [0.15, 0.2) is 6.29 Å². The van der Waals surface area contributed by atoms with Crippen LogP contribution in [0.2, 0.25) is 0 Å². The van der Waals surface area contributed by atoms with Crippen LogP contribution in [-0.2, 0) is 14.3 Å². The van der Waals surface area contributed by atoms with E-state index in [1.807, 2.05) is 0 Å². The Balaban J connectivity index is 2.40. The van der Waals surface area contributed by atoms with Crippen LogP contribution in [-0.4, -0.2) is 110 Å². The molecular formula is C48H91NO10. The summed E-state index contributed by atoms with van der Waals surface area (Å²) in [6, 6.07) is -1.18. The number of hydrogen-bond acceptors (Lipinski definition) is 10. The first-order chi connectivity index (χ1) is 28.7. The Labute approximate surface area is 359 Å². The molecule has 8 N–H and O–H groups in total. The lowest BCUT2D eigenvalue weighted by Gasteiger charge is -2.40. The fraction of sp³-hybridized carbons (Fsp3) is 0.896. The molecule has 1 rings (SSSR count). The third-order valence-electron chi connectivity index (χ3n) is 11.8. The van der Waals surface area contributed by atoms with Gasteiger partial charge in [-0.2, -0.15) is 0 Å². The molecule has 59 heavy (non-hydrogen) atoms. The number of nitrogens with one attached hydrogen (secondary N) is 1. The zero-order valence-electron chi connectivity index (χ0n) is 37.5. The van der Waals surface area contributed by atoms with E-state index in [1.165, 1.54) is 122 Å². The lowest BCUT2D eigenvalue weighted by molar-refractivity contribution is -0.303. The van der Waals surface area contributed by atoms with Crippen molar-refractivity contribution in [3.63, 3.8) is 0 Å². The summed E-state index contributed by atoms with van der Waals surface area (Å²) < 4.78 is 11.1. The van der Waals surface area contributed by atoms with Crippen molar-refractivity contribution in [1.82, 2.24) is 5.32 Å². The zero-order valence-corrected chi connectivity index (χ0v) is 37.5. The molecule has 0 saturated carbocycles. The molecule has 9 unspecified atom stereocenters. The molecule has 1 heterocycles. The predicted molar refractivity (Wildman–Crippen MR) is 238 cm³/mol. The second kappa shape index (κ2) is 38.3. The molecule has 9 atom stereocenters. The number of hydrogen-bond donors (Lipinski definition) is 8. The lowest BCUT2D eigenvalue weighted by Crippen LogP contribution is -2.60. The summed E-state index contributed by atoms with van der Waals surface area (Å²) in [7, 11) is 0. The molecule has 0 aromatic carbocycles. The summed E-state index contributed by atoms with van der Waals surface area (Å²) in [5.74, 6) is -0.707. The average Bonchev–Trinajstić information content (AvgIpc) is 3.23. The third-order valence-corrected chi connectivity index (χ3v) is 11.8. The van der Waals surface area contributed by atoms with Crippen LogP contribution >= 0.6 is 0 Å². The van der Waals surface area contributed by atoms with Crippen molar-refractivity contribution in [2.45, 2.75) is 262 Å². The van der Waals surface area contributed by atoms with Crippen molar-refractivity contribution >= 4 is 5.91 Å². The van der Waals surface area contributed by atoms with Gasteiger partial charge < -0.3 is 50.5 Å². The number of ether oxygens (including phenoxy) is 2. The number of aliphatic hydroxyl groups excluding tert-OH is 7. The van der Waals surface area contributed by atoms with Gasteiger partial charge >= 0.3 is 0 Å². The predicted octanol–water partition coefficient (Wildman–Crippen LogP) is 8.23. The van der Waals surface area contributed by atoms with Crippen LogP contribution in [0.25, 0.3) is 0 Å². The van der Waals surface area contributed by atoms with Gasteiger partial charge in [0.25, 0.3) is 0 Å². The topological polar surface area (TPSA) is 189 Å². The Morgan fingerprint density at radius 3 is 1.53 bits per heavy atom. The molecule has 11 nitrogen and oxygen atoms in total. The fourth-order valence-electron chi connectivity index (χ4n) is 7.71. The first-order valence-electron chi connectivity index (χ1n) is 24.2. The number of unbranched alkanes of at least 4 members (excludes halogenated alkanes) is 24. The third kappa shape index (κ3) is 28.0. The summed E-state index contributed by atoms with van der Waals surface area (Å²) in [5, 5.41) is 75.6. The first-order valence-corrected chi connectivity index (χ1v) is 24.2. The smallest absolute Gasteiger partial charge is 0.249 e. The zero-order chi connectivity index (χ0) is 43.4. The van der Waals surface area contributed by atoms with E-state index >= 15 is 0 Å². The van der Waals surface area contributed by atoms with E-state index in [-0.39, 0.29) is 12.8 Å². The monoisotopic (exact) mass is 842 g/mol. The summed E-state index contributed by atoms with van der Waals surface area (Å²) in [6.07, 6.45) is 30.9. The molecule has 0 aromatic rings. The maximum Gasteiger partial charge on any atom is 0.249 e. The van der Waals surface area contributed by atoms with Gasteiger partial charge in [0.05, 0.1) is 25.4 Å². The lowest BCUT2D eigenvalue weighted by atomic mass is 9.98. The molecule has 1 aliphatic heterocycles. The van der Waals surface area contributed by atoms with Crippen LogP contribution < -0.4 is 5.32 Å². The van der Waals surface area contributed by atoms with Crippen LogP contribution in [0.1, 0.15) is 206 Å². The number of allylic oxidation sites excluding steroid dienone is 4. The van der Waals surface area contributed by atoms with Crippen molar-refractivity contribution in [2.24, 2.45) is 0 Å². The van der Waals surface area contributed by atoms with E-state index in [1.54, 1.807) is 0 Å². The largest absolute Gasteiger partial charge is 0.394 e. The highest BCUT2D eigenvalue weighted by atomic mass is 16.7. The maximum atomic E-state index is 13.1. The Morgan fingerprint density at radius 1 is 0.593 bits per heavy atom. The highest BCUT2D eigenvalue weighted by molar-refractivity contribution is 5.80. The SMILES string of the molecule is CCCCCC=CCC=CCCCCC(O)C(O)C(COC1OC(CO)C(O)C(O)C1O)NC(=O)C(O)CCCCCCCCCCCCCCCCCCCCCC. The number of carbonyl (C=O) groups excluding carboxylic acids is 1. The van der Waals surface area contributed by atoms with E-state index in [4.69, 9.17) is 9.47 Å². The van der Waals surface area contributed by atoms with Gasteiger partial charge in [0.2, 0.25) is 5.91 Å². The van der Waals surface area contributed by atoms with Crippen molar-refractivity contribution < 1.29 is 50.0 Å². The minimum Gasteiger partial charge on any atom is -0.394 e. The number of carbonyl (C=O) groups is 1. The van der Waals surface area contributed by atoms with Crippen LogP contribution in [0.15, 0.2) is 24.3 Å². The van der Waals surface area contributed by atoms with Gasteiger partial charge in [-0.25, -0.2) is 0 Å². The average molecular weight is 842 g/mol. The summed E-state index contributed by atoms with van der Waals surface area (Å²) in [6.45, 7) is 3.39. The molecule has 1 amide bonds. The molecule has 0 spiro atoms. The number of rotatable bonds is 40. The summed E-state index contributed by atoms with van der Waals surface area (Å²) in [4.78, 5) is 13.1. The van der Waals surface area contributed by atoms with Gasteiger partial charge in [0.1, 0.15) is 36.6 Å². The van der Waals surface area contributed by atoms with Gasteiger partial charge in [-0.3, -0.25) is 4.79 Å². The van der Waals surface area contributed by atoms with Crippen LogP contribution in [0.3, 0.4) is 0 Å². The summed E-state index contributed by atoms with van der Waals surface area (Å²) in [5.41, 5.74) is 0. The standard InChI is InChI=1S/C48H91NO10/c1-3-5-7-9-11-13-15-17-18-19-20-21-22-23-24-26-28-30-32-34-36-41(52)47(57)49-39(38-58-48-46(56)45(55)44(54)42(37-50)59-48)43(53)40(51)35-33-31-29-27-25-16-14-12-10-8-6-4-2/h12,14,25,27,39-46,48,50-56H,3-11,13,15-24,26,28-38H2,1-2H3,(H,49,57). The molecule has 1 aliphatic rings. The quantitative estimate of drug-likeness (QED) is 0.0221. The molecule has 0 bridgehead atoms. The maximum absolute atomic E-state index is 13.1. The van der Waals surface area contributed by atoms with E-state index in [9.17, 15) is 40.5 Å². The Bertz CT molecular complexity index is 1010. The second-order valence-corrected chi connectivity index (χ2v) is 17.2. The van der Waals surface area contributed by atoms with Crippen LogP contribution in [0.4, 0.5) is 0 Å². The molecule has 348 valence electrons. The van der Waals surface area contributed by atoms with Gasteiger partial charge in [-0.1, -0.05) is 186 Å². The van der Waals surface area contributed by atoms with E-state index < -0.39 is 74.2 Å². The molecule has 1 fully saturated rings. The highest BCUT2D eigenvalue weighted by Gasteiger charge is 2.44. The molecule has 11 heteroatoms. The van der Waals surface area contributed by atoms with E-state index in [0.29, 0.717) is 12.8 Å². The van der Waals surface area contributed by atoms with E-state index in [0.717, 1.165) is 44.9 Å². The number of aliphatic hydroxyl groups is 7. The highest BCUT2D eigenvalue weighted by Crippen LogP contribution is 2.23. The van der Waals surface area contributed by atoms with Gasteiger partial charge in [-0.15, -0.1) is 0 Å². The molecule has 0 radical (unpaired) electrons. The Morgan fingerprint density at radius 2 is 1.03 bits per heavy atom. The first kappa shape index (κ1) is 55.6. The van der Waals surface area contributed by atoms with E-state index in [2.05, 4.69) is 43.5 Å². The summed E-state index contributed by atoms with van der Waals surface area (Å²) >= 11 is 0. The molecule has 1 saturated heterocycles. The minimum atomic E-state index is -1.67. The van der Waals surface area contributed by atoms with Crippen molar-refractivity contribution in [3.05, 3.63) is 24.3 Å². The molecule has 0 aromatic heterocycles. The Kier molecular flexibility index (Phi) is 36.1. The molecule has 0 aliphatic carbocycles.